The lowest BCUT2D eigenvalue weighted by Gasteiger charge is -1.96. The SMILES string of the molecule is NC(=O)O.NC(=O)Oc1ccccc1. The number of benzene rings is 1. The first-order chi connectivity index (χ1) is 6.52. The van der Waals surface area contributed by atoms with E-state index in [4.69, 9.17) is 15.6 Å². The van der Waals surface area contributed by atoms with Crippen LogP contribution in [0.4, 0.5) is 9.59 Å². The molecule has 1 rings (SSSR count). The largest absolute Gasteiger partial charge is 0.465 e. The standard InChI is InChI=1S/C7H7NO2.CH3NO2/c8-7(9)10-6-4-2-1-3-5-6;2-1(3)4/h1-5H,(H2,8,9);2H2,(H,3,4). The van der Waals surface area contributed by atoms with Gasteiger partial charge in [0.25, 0.3) is 0 Å². The number of primary amides is 2. The molecular formula is C8H10N2O4. The highest BCUT2D eigenvalue weighted by Crippen LogP contribution is 2.07. The van der Waals surface area contributed by atoms with E-state index >= 15 is 0 Å². The van der Waals surface area contributed by atoms with Gasteiger partial charge in [0.15, 0.2) is 0 Å². The lowest BCUT2D eigenvalue weighted by Crippen LogP contribution is -2.15. The van der Waals surface area contributed by atoms with E-state index in [1.54, 1.807) is 24.3 Å². The Morgan fingerprint density at radius 1 is 1.14 bits per heavy atom. The fourth-order valence-corrected chi connectivity index (χ4v) is 0.605. The first kappa shape index (κ1) is 11.8. The lowest BCUT2D eigenvalue weighted by molar-refractivity contribution is 0.205. The second kappa shape index (κ2) is 6.30. The summed E-state index contributed by atoms with van der Waals surface area (Å²) >= 11 is 0. The van der Waals surface area contributed by atoms with E-state index in [9.17, 15) is 4.79 Å². The molecule has 0 unspecified atom stereocenters. The molecule has 0 aliphatic heterocycles. The molecule has 6 nitrogen and oxygen atoms in total. The summed E-state index contributed by atoms with van der Waals surface area (Å²) in [5.74, 6) is 0.468. The monoisotopic (exact) mass is 198 g/mol. The fraction of sp³-hybridized carbons (Fsp3) is 0. The fourth-order valence-electron chi connectivity index (χ4n) is 0.605. The first-order valence-corrected chi connectivity index (χ1v) is 3.53. The summed E-state index contributed by atoms with van der Waals surface area (Å²) < 4.78 is 4.55. The summed E-state index contributed by atoms with van der Waals surface area (Å²) in [6, 6.07) is 8.67. The number of hydrogen-bond donors (Lipinski definition) is 3. The quantitative estimate of drug-likeness (QED) is 0.617. The van der Waals surface area contributed by atoms with E-state index in [1.807, 2.05) is 6.07 Å². The number of para-hydroxylation sites is 1. The molecule has 0 saturated heterocycles. The Hall–Kier alpha value is -2.24. The molecule has 0 fully saturated rings. The Morgan fingerprint density at radius 2 is 1.57 bits per heavy atom. The number of carbonyl (C=O) groups is 2. The van der Waals surface area contributed by atoms with Crippen LogP contribution in [0, 0.1) is 0 Å². The summed E-state index contributed by atoms with van der Waals surface area (Å²) in [5, 5.41) is 7.19. The maximum Gasteiger partial charge on any atom is 0.409 e. The number of ether oxygens (including phenoxy) is 1. The molecule has 14 heavy (non-hydrogen) atoms. The van der Waals surface area contributed by atoms with Crippen LogP contribution in [0.15, 0.2) is 30.3 Å². The van der Waals surface area contributed by atoms with Crippen LogP contribution in [0.5, 0.6) is 5.75 Å². The highest BCUT2D eigenvalue weighted by molar-refractivity contribution is 5.67. The maximum atomic E-state index is 10.2. The number of hydrogen-bond acceptors (Lipinski definition) is 3. The zero-order chi connectivity index (χ0) is 11.0. The van der Waals surface area contributed by atoms with Gasteiger partial charge < -0.3 is 21.3 Å². The first-order valence-electron chi connectivity index (χ1n) is 3.53. The average Bonchev–Trinajstić information content (AvgIpc) is 2.03. The number of rotatable bonds is 1. The molecule has 0 aliphatic carbocycles. The third kappa shape index (κ3) is 7.86. The van der Waals surface area contributed by atoms with Gasteiger partial charge in [-0.2, -0.15) is 0 Å². The van der Waals surface area contributed by atoms with Crippen LogP contribution >= 0.6 is 0 Å². The molecule has 76 valence electrons. The Kier molecular flexibility index (Phi) is 5.29. The molecule has 1 aromatic rings. The zero-order valence-electron chi connectivity index (χ0n) is 7.21. The van der Waals surface area contributed by atoms with E-state index in [-0.39, 0.29) is 0 Å². The van der Waals surface area contributed by atoms with Gasteiger partial charge in [-0.1, -0.05) is 18.2 Å². The van der Waals surface area contributed by atoms with E-state index in [2.05, 4.69) is 10.5 Å². The van der Waals surface area contributed by atoms with Crippen molar-refractivity contribution in [1.82, 2.24) is 0 Å². The van der Waals surface area contributed by atoms with Crippen molar-refractivity contribution in [2.75, 3.05) is 0 Å². The molecule has 0 aromatic heterocycles. The molecule has 0 heterocycles. The Morgan fingerprint density at radius 3 is 1.93 bits per heavy atom. The van der Waals surface area contributed by atoms with E-state index in [0.717, 1.165) is 0 Å². The Balaban J connectivity index is 0.000000364. The third-order valence-electron chi connectivity index (χ3n) is 0.962. The highest BCUT2D eigenvalue weighted by atomic mass is 16.5. The summed E-state index contributed by atoms with van der Waals surface area (Å²) in [6.07, 6.45) is -2.12. The minimum Gasteiger partial charge on any atom is -0.465 e. The molecule has 1 aromatic carbocycles. The van der Waals surface area contributed by atoms with Gasteiger partial charge in [-0.15, -0.1) is 0 Å². The second-order valence-electron chi connectivity index (χ2n) is 2.07. The number of carbonyl (C=O) groups excluding carboxylic acids is 1. The van der Waals surface area contributed by atoms with Gasteiger partial charge in [0.05, 0.1) is 0 Å². The van der Waals surface area contributed by atoms with Gasteiger partial charge in [0, 0.05) is 0 Å². The van der Waals surface area contributed by atoms with Crippen LogP contribution in [-0.2, 0) is 0 Å². The lowest BCUT2D eigenvalue weighted by atomic mass is 10.3. The van der Waals surface area contributed by atoms with Crippen LogP contribution in [-0.4, -0.2) is 17.3 Å². The Bertz CT molecular complexity index is 295. The van der Waals surface area contributed by atoms with Crippen molar-refractivity contribution in [3.8, 4) is 5.75 Å². The molecule has 5 N–H and O–H groups in total. The number of nitrogens with two attached hydrogens (primary N) is 2. The summed E-state index contributed by atoms with van der Waals surface area (Å²) in [6.45, 7) is 0. The van der Waals surface area contributed by atoms with Crippen molar-refractivity contribution in [1.29, 1.82) is 0 Å². The number of amides is 2. The highest BCUT2D eigenvalue weighted by Gasteiger charge is 1.93. The molecule has 0 atom stereocenters. The summed E-state index contributed by atoms with van der Waals surface area (Å²) in [5.41, 5.74) is 8.79. The maximum absolute atomic E-state index is 10.2. The average molecular weight is 198 g/mol. The molecule has 6 heteroatoms. The number of carboxylic acid groups (broad SMARTS) is 1. The third-order valence-corrected chi connectivity index (χ3v) is 0.962. The predicted octanol–water partition coefficient (Wildman–Crippen LogP) is 0.767. The van der Waals surface area contributed by atoms with Crippen molar-refractivity contribution in [2.45, 2.75) is 0 Å². The van der Waals surface area contributed by atoms with Crippen LogP contribution in [0.2, 0.25) is 0 Å². The molecule has 2 amide bonds. The van der Waals surface area contributed by atoms with Crippen LogP contribution < -0.4 is 16.2 Å². The predicted molar refractivity (Wildman–Crippen MR) is 48.9 cm³/mol. The molecule has 0 spiro atoms. The second-order valence-corrected chi connectivity index (χ2v) is 2.07. The molecule has 0 saturated carbocycles. The summed E-state index contributed by atoms with van der Waals surface area (Å²) in [4.78, 5) is 18.9. The molecule has 0 radical (unpaired) electrons. The minimum atomic E-state index is -1.33. The van der Waals surface area contributed by atoms with Gasteiger partial charge in [0.1, 0.15) is 5.75 Å². The van der Waals surface area contributed by atoms with Crippen LogP contribution in [0.25, 0.3) is 0 Å². The van der Waals surface area contributed by atoms with Crippen molar-refractivity contribution in [3.05, 3.63) is 30.3 Å². The van der Waals surface area contributed by atoms with Crippen molar-refractivity contribution >= 4 is 12.2 Å². The topological polar surface area (TPSA) is 116 Å². The van der Waals surface area contributed by atoms with E-state index in [0.29, 0.717) is 5.75 Å². The smallest absolute Gasteiger partial charge is 0.409 e. The van der Waals surface area contributed by atoms with Crippen molar-refractivity contribution < 1.29 is 19.4 Å². The Labute approximate surface area is 80.1 Å². The molecular weight excluding hydrogens is 188 g/mol. The van der Waals surface area contributed by atoms with Crippen molar-refractivity contribution in [3.63, 3.8) is 0 Å². The zero-order valence-corrected chi connectivity index (χ0v) is 7.21. The molecule has 0 bridgehead atoms. The van der Waals surface area contributed by atoms with Gasteiger partial charge in [0.2, 0.25) is 0 Å². The summed E-state index contributed by atoms with van der Waals surface area (Å²) in [7, 11) is 0. The molecule has 0 aliphatic rings. The van der Waals surface area contributed by atoms with Gasteiger partial charge in [-0.3, -0.25) is 0 Å². The van der Waals surface area contributed by atoms with Gasteiger partial charge in [-0.05, 0) is 12.1 Å². The van der Waals surface area contributed by atoms with Gasteiger partial charge >= 0.3 is 12.2 Å². The van der Waals surface area contributed by atoms with E-state index in [1.165, 1.54) is 0 Å². The van der Waals surface area contributed by atoms with Crippen LogP contribution in [0.1, 0.15) is 0 Å². The van der Waals surface area contributed by atoms with Crippen LogP contribution in [0.3, 0.4) is 0 Å². The van der Waals surface area contributed by atoms with Crippen molar-refractivity contribution in [2.24, 2.45) is 11.5 Å². The van der Waals surface area contributed by atoms with Gasteiger partial charge in [-0.25, -0.2) is 9.59 Å². The van der Waals surface area contributed by atoms with E-state index < -0.39 is 12.2 Å². The normalized spacial score (nSPS) is 8.00. The minimum absolute atomic E-state index is 0.468.